The molecule has 90 valence electrons. The van der Waals surface area contributed by atoms with Crippen LogP contribution in [0.3, 0.4) is 0 Å². The third-order valence-corrected chi connectivity index (χ3v) is 2.49. The van der Waals surface area contributed by atoms with E-state index < -0.39 is 5.82 Å². The second kappa shape index (κ2) is 5.62. The molecule has 0 radical (unpaired) electrons. The highest BCUT2D eigenvalue weighted by molar-refractivity contribution is 5.35. The highest BCUT2D eigenvalue weighted by Gasteiger charge is 2.15. The molecule has 1 aliphatic rings. The molecular formula is C12H13FN2O2. The Bertz CT molecular complexity index is 425. The molecule has 1 heterocycles. The lowest BCUT2D eigenvalue weighted by molar-refractivity contribution is -0.000538. The van der Waals surface area contributed by atoms with Gasteiger partial charge in [0, 0.05) is 13.1 Å². The number of nitriles is 1. The SMILES string of the molecule is N#Cc1ccc(OCC2CNCCO2)c(F)c1. The first-order chi connectivity index (χ1) is 8.29. The standard InChI is InChI=1S/C12H13FN2O2/c13-11-5-9(6-14)1-2-12(11)17-8-10-7-15-3-4-16-10/h1-2,5,10,15H,3-4,7-8H2. The number of rotatable bonds is 3. The van der Waals surface area contributed by atoms with Gasteiger partial charge in [-0.3, -0.25) is 0 Å². The average Bonchev–Trinajstić information content (AvgIpc) is 2.38. The van der Waals surface area contributed by atoms with Crippen LogP contribution in [0.15, 0.2) is 18.2 Å². The molecule has 1 aromatic carbocycles. The van der Waals surface area contributed by atoms with Gasteiger partial charge in [-0.2, -0.15) is 5.26 Å². The Balaban J connectivity index is 1.92. The summed E-state index contributed by atoms with van der Waals surface area (Å²) < 4.78 is 24.2. The molecule has 1 atom stereocenters. The maximum absolute atomic E-state index is 13.5. The van der Waals surface area contributed by atoms with Gasteiger partial charge in [0.2, 0.25) is 0 Å². The van der Waals surface area contributed by atoms with E-state index in [1.807, 2.05) is 6.07 Å². The predicted octanol–water partition coefficient (Wildman–Crippen LogP) is 1.06. The van der Waals surface area contributed by atoms with Crippen molar-refractivity contribution in [1.82, 2.24) is 5.32 Å². The van der Waals surface area contributed by atoms with E-state index in [1.165, 1.54) is 12.1 Å². The zero-order chi connectivity index (χ0) is 12.1. The van der Waals surface area contributed by atoms with Crippen LogP contribution in [0.5, 0.6) is 5.75 Å². The molecule has 2 rings (SSSR count). The molecule has 17 heavy (non-hydrogen) atoms. The van der Waals surface area contributed by atoms with Crippen molar-refractivity contribution < 1.29 is 13.9 Å². The summed E-state index contributed by atoms with van der Waals surface area (Å²) in [6.45, 7) is 2.49. The molecule has 5 heteroatoms. The Kier molecular flexibility index (Phi) is 3.91. The Hall–Kier alpha value is -1.64. The number of halogens is 1. The molecular weight excluding hydrogens is 223 g/mol. The number of morpholine rings is 1. The van der Waals surface area contributed by atoms with Crippen LogP contribution < -0.4 is 10.1 Å². The zero-order valence-electron chi connectivity index (χ0n) is 9.28. The van der Waals surface area contributed by atoms with Gasteiger partial charge >= 0.3 is 0 Å². The Labute approximate surface area is 99.0 Å². The van der Waals surface area contributed by atoms with E-state index >= 15 is 0 Å². The Morgan fingerprint density at radius 2 is 2.47 bits per heavy atom. The van der Waals surface area contributed by atoms with Crippen LogP contribution in [0.25, 0.3) is 0 Å². The summed E-state index contributed by atoms with van der Waals surface area (Å²) in [5.74, 6) is -0.369. The first-order valence-electron chi connectivity index (χ1n) is 5.44. The normalized spacial score (nSPS) is 19.6. The van der Waals surface area contributed by atoms with E-state index in [9.17, 15) is 4.39 Å². The van der Waals surface area contributed by atoms with Crippen LogP contribution in [0, 0.1) is 17.1 Å². The molecule has 0 spiro atoms. The minimum absolute atomic E-state index is 0.0567. The van der Waals surface area contributed by atoms with Crippen molar-refractivity contribution in [3.8, 4) is 11.8 Å². The number of nitrogens with one attached hydrogen (secondary N) is 1. The van der Waals surface area contributed by atoms with Crippen molar-refractivity contribution in [2.75, 3.05) is 26.3 Å². The van der Waals surface area contributed by atoms with E-state index in [1.54, 1.807) is 0 Å². The molecule has 0 aromatic heterocycles. The van der Waals surface area contributed by atoms with Gasteiger partial charge in [0.1, 0.15) is 12.7 Å². The van der Waals surface area contributed by atoms with Crippen molar-refractivity contribution in [2.45, 2.75) is 6.10 Å². The largest absolute Gasteiger partial charge is 0.488 e. The monoisotopic (exact) mass is 236 g/mol. The van der Waals surface area contributed by atoms with Crippen LogP contribution in [0.4, 0.5) is 4.39 Å². The van der Waals surface area contributed by atoms with Crippen LogP contribution in [-0.4, -0.2) is 32.4 Å². The highest BCUT2D eigenvalue weighted by Crippen LogP contribution is 2.18. The van der Waals surface area contributed by atoms with E-state index in [0.29, 0.717) is 19.8 Å². The van der Waals surface area contributed by atoms with Crippen molar-refractivity contribution in [3.05, 3.63) is 29.6 Å². The van der Waals surface area contributed by atoms with Crippen LogP contribution in [-0.2, 0) is 4.74 Å². The number of benzene rings is 1. The van der Waals surface area contributed by atoms with Crippen LogP contribution in [0.2, 0.25) is 0 Å². The number of hydrogen-bond acceptors (Lipinski definition) is 4. The molecule has 0 bridgehead atoms. The van der Waals surface area contributed by atoms with Crippen molar-refractivity contribution in [1.29, 1.82) is 5.26 Å². The first-order valence-corrected chi connectivity index (χ1v) is 5.44. The molecule has 1 unspecified atom stereocenters. The topological polar surface area (TPSA) is 54.3 Å². The number of hydrogen-bond donors (Lipinski definition) is 1. The first kappa shape index (κ1) is 11.8. The summed E-state index contributed by atoms with van der Waals surface area (Å²) in [4.78, 5) is 0. The third-order valence-electron chi connectivity index (χ3n) is 2.49. The molecule has 0 amide bonds. The fourth-order valence-electron chi connectivity index (χ4n) is 1.60. The summed E-state index contributed by atoms with van der Waals surface area (Å²) in [7, 11) is 0. The highest BCUT2D eigenvalue weighted by atomic mass is 19.1. The minimum atomic E-state index is -0.521. The van der Waals surface area contributed by atoms with Crippen LogP contribution in [0.1, 0.15) is 5.56 Å². The molecule has 1 fully saturated rings. The fourth-order valence-corrected chi connectivity index (χ4v) is 1.60. The lowest BCUT2D eigenvalue weighted by Gasteiger charge is -2.23. The number of ether oxygens (including phenoxy) is 2. The second-order valence-corrected chi connectivity index (χ2v) is 3.76. The minimum Gasteiger partial charge on any atom is -0.488 e. The maximum Gasteiger partial charge on any atom is 0.166 e. The van der Waals surface area contributed by atoms with E-state index in [2.05, 4.69) is 5.32 Å². The van der Waals surface area contributed by atoms with E-state index in [0.717, 1.165) is 12.6 Å². The lowest BCUT2D eigenvalue weighted by atomic mass is 10.2. The van der Waals surface area contributed by atoms with E-state index in [-0.39, 0.29) is 17.4 Å². The molecule has 0 saturated carbocycles. The van der Waals surface area contributed by atoms with Gasteiger partial charge in [0.15, 0.2) is 11.6 Å². The second-order valence-electron chi connectivity index (χ2n) is 3.76. The summed E-state index contributed by atoms with van der Waals surface area (Å²) >= 11 is 0. The van der Waals surface area contributed by atoms with Crippen LogP contribution >= 0.6 is 0 Å². The summed E-state index contributed by atoms with van der Waals surface area (Å²) in [6, 6.07) is 6.02. The lowest BCUT2D eigenvalue weighted by Crippen LogP contribution is -2.41. The summed E-state index contributed by atoms with van der Waals surface area (Å²) in [5, 5.41) is 11.8. The predicted molar refractivity (Wildman–Crippen MR) is 59.2 cm³/mol. The van der Waals surface area contributed by atoms with E-state index in [4.69, 9.17) is 14.7 Å². The average molecular weight is 236 g/mol. The fraction of sp³-hybridized carbons (Fsp3) is 0.417. The molecule has 0 aliphatic carbocycles. The third kappa shape index (κ3) is 3.16. The van der Waals surface area contributed by atoms with Gasteiger partial charge < -0.3 is 14.8 Å². The van der Waals surface area contributed by atoms with Crippen molar-refractivity contribution in [3.63, 3.8) is 0 Å². The maximum atomic E-state index is 13.5. The Morgan fingerprint density at radius 1 is 1.59 bits per heavy atom. The van der Waals surface area contributed by atoms with Crippen molar-refractivity contribution in [2.24, 2.45) is 0 Å². The zero-order valence-corrected chi connectivity index (χ0v) is 9.28. The van der Waals surface area contributed by atoms with Gasteiger partial charge in [-0.1, -0.05) is 0 Å². The molecule has 1 saturated heterocycles. The molecule has 4 nitrogen and oxygen atoms in total. The molecule has 1 N–H and O–H groups in total. The van der Waals surface area contributed by atoms with Gasteiger partial charge in [-0.15, -0.1) is 0 Å². The summed E-state index contributed by atoms with van der Waals surface area (Å²) in [6.07, 6.45) is -0.0567. The van der Waals surface area contributed by atoms with Gasteiger partial charge in [-0.05, 0) is 18.2 Å². The van der Waals surface area contributed by atoms with Gasteiger partial charge in [-0.25, -0.2) is 4.39 Å². The van der Waals surface area contributed by atoms with Crippen molar-refractivity contribution >= 4 is 0 Å². The number of nitrogens with zero attached hydrogens (tertiary/aromatic N) is 1. The molecule has 1 aliphatic heterocycles. The van der Waals surface area contributed by atoms with Gasteiger partial charge in [0.05, 0.1) is 18.2 Å². The smallest absolute Gasteiger partial charge is 0.166 e. The Morgan fingerprint density at radius 3 is 3.12 bits per heavy atom. The van der Waals surface area contributed by atoms with Gasteiger partial charge in [0.25, 0.3) is 0 Å². The quantitative estimate of drug-likeness (QED) is 0.852. The molecule has 1 aromatic rings. The summed E-state index contributed by atoms with van der Waals surface area (Å²) in [5.41, 5.74) is 0.283.